The van der Waals surface area contributed by atoms with Crippen LogP contribution >= 0.6 is 11.3 Å². The molecule has 0 atom stereocenters. The summed E-state index contributed by atoms with van der Waals surface area (Å²) in [6.07, 6.45) is -2.68. The van der Waals surface area contributed by atoms with E-state index in [0.717, 1.165) is 29.5 Å². The van der Waals surface area contributed by atoms with E-state index < -0.39 is 11.7 Å². The fourth-order valence-electron chi connectivity index (χ4n) is 4.26. The lowest BCUT2D eigenvalue weighted by molar-refractivity contribution is -0.137. The van der Waals surface area contributed by atoms with Crippen molar-refractivity contribution in [3.8, 4) is 11.5 Å². The van der Waals surface area contributed by atoms with Gasteiger partial charge >= 0.3 is 6.18 Å². The van der Waals surface area contributed by atoms with Gasteiger partial charge in [0.25, 0.3) is 5.91 Å². The SMILES string of the molecule is CCCN(CCC)C(=O)c1csc(CN(Cc2cccc(C(F)(F)F)c2)Cc2ccc3c(c2)OCO3)n1. The van der Waals surface area contributed by atoms with Crippen molar-refractivity contribution in [3.63, 3.8) is 0 Å². The minimum atomic E-state index is -4.41. The quantitative estimate of drug-likeness (QED) is 0.287. The first kappa shape index (κ1) is 26.9. The van der Waals surface area contributed by atoms with Crippen molar-refractivity contribution in [3.05, 3.63) is 75.2 Å². The van der Waals surface area contributed by atoms with Crippen LogP contribution in [0.1, 0.15) is 58.9 Å². The molecule has 1 aliphatic heterocycles. The average Bonchev–Trinajstić information content (AvgIpc) is 3.52. The van der Waals surface area contributed by atoms with E-state index >= 15 is 0 Å². The molecule has 198 valence electrons. The Morgan fingerprint density at radius 1 is 0.973 bits per heavy atom. The molecule has 0 N–H and O–H groups in total. The number of hydrogen-bond acceptors (Lipinski definition) is 6. The van der Waals surface area contributed by atoms with Crippen LogP contribution in [0.25, 0.3) is 0 Å². The van der Waals surface area contributed by atoms with Gasteiger partial charge < -0.3 is 14.4 Å². The fourth-order valence-corrected chi connectivity index (χ4v) is 5.07. The third kappa shape index (κ3) is 7.01. The molecule has 0 unspecified atom stereocenters. The maximum atomic E-state index is 13.3. The van der Waals surface area contributed by atoms with E-state index in [2.05, 4.69) is 4.98 Å². The Morgan fingerprint density at radius 2 is 1.68 bits per heavy atom. The minimum Gasteiger partial charge on any atom is -0.454 e. The van der Waals surface area contributed by atoms with Gasteiger partial charge in [0, 0.05) is 31.6 Å². The maximum Gasteiger partial charge on any atom is 0.416 e. The summed E-state index contributed by atoms with van der Waals surface area (Å²) in [7, 11) is 0. The summed E-state index contributed by atoms with van der Waals surface area (Å²) < 4.78 is 50.8. The summed E-state index contributed by atoms with van der Waals surface area (Å²) in [5, 5.41) is 2.49. The summed E-state index contributed by atoms with van der Waals surface area (Å²) in [5.74, 6) is 1.22. The highest BCUT2D eigenvalue weighted by Crippen LogP contribution is 2.33. The van der Waals surface area contributed by atoms with Gasteiger partial charge in [-0.1, -0.05) is 38.1 Å². The Morgan fingerprint density at radius 3 is 2.38 bits per heavy atom. The Bertz CT molecular complexity index is 1210. The molecule has 1 aromatic heterocycles. The molecule has 37 heavy (non-hydrogen) atoms. The predicted molar refractivity (Wildman–Crippen MR) is 136 cm³/mol. The van der Waals surface area contributed by atoms with Gasteiger partial charge in [0.1, 0.15) is 10.7 Å². The van der Waals surface area contributed by atoms with Gasteiger partial charge in [-0.15, -0.1) is 11.3 Å². The van der Waals surface area contributed by atoms with Crippen LogP contribution in [0.4, 0.5) is 13.2 Å². The number of amides is 1. The fraction of sp³-hybridized carbons (Fsp3) is 0.407. The van der Waals surface area contributed by atoms with E-state index in [0.29, 0.717) is 48.9 Å². The molecular weight excluding hydrogens is 503 g/mol. The normalized spacial score (nSPS) is 12.8. The molecule has 2 heterocycles. The van der Waals surface area contributed by atoms with Gasteiger partial charge in [0.2, 0.25) is 6.79 Å². The second kappa shape index (κ2) is 12.0. The Hall–Kier alpha value is -3.11. The van der Waals surface area contributed by atoms with E-state index in [1.807, 2.05) is 41.8 Å². The largest absolute Gasteiger partial charge is 0.454 e. The van der Waals surface area contributed by atoms with Crippen molar-refractivity contribution in [1.82, 2.24) is 14.8 Å². The van der Waals surface area contributed by atoms with Crippen LogP contribution in [0, 0.1) is 0 Å². The molecule has 0 fully saturated rings. The lowest BCUT2D eigenvalue weighted by Gasteiger charge is -2.22. The first-order chi connectivity index (χ1) is 17.8. The summed E-state index contributed by atoms with van der Waals surface area (Å²) in [6, 6.07) is 11.0. The van der Waals surface area contributed by atoms with E-state index in [1.165, 1.54) is 23.5 Å². The van der Waals surface area contributed by atoms with Crippen LogP contribution in [0.5, 0.6) is 11.5 Å². The number of thiazole rings is 1. The molecule has 0 bridgehead atoms. The van der Waals surface area contributed by atoms with Crippen LogP contribution in [0.3, 0.4) is 0 Å². The highest BCUT2D eigenvalue weighted by Gasteiger charge is 2.30. The van der Waals surface area contributed by atoms with E-state index in [4.69, 9.17) is 9.47 Å². The minimum absolute atomic E-state index is 0.0913. The molecule has 0 radical (unpaired) electrons. The number of carbonyl (C=O) groups is 1. The average molecular weight is 534 g/mol. The molecule has 3 aromatic rings. The van der Waals surface area contributed by atoms with Gasteiger partial charge in [0.05, 0.1) is 12.1 Å². The molecule has 0 aliphatic carbocycles. The number of aromatic nitrogens is 1. The Kier molecular flexibility index (Phi) is 8.71. The van der Waals surface area contributed by atoms with Gasteiger partial charge in [-0.2, -0.15) is 13.2 Å². The molecule has 4 rings (SSSR count). The number of rotatable bonds is 11. The number of hydrogen-bond donors (Lipinski definition) is 0. The molecule has 0 saturated heterocycles. The number of halogens is 3. The number of benzene rings is 2. The second-order valence-corrected chi connectivity index (χ2v) is 9.89. The van der Waals surface area contributed by atoms with E-state index in [1.54, 1.807) is 11.4 Å². The number of ether oxygens (including phenoxy) is 2. The second-order valence-electron chi connectivity index (χ2n) is 8.95. The zero-order valence-electron chi connectivity index (χ0n) is 20.9. The van der Waals surface area contributed by atoms with Crippen molar-refractivity contribution in [2.75, 3.05) is 19.9 Å². The topological polar surface area (TPSA) is 54.9 Å². The summed E-state index contributed by atoms with van der Waals surface area (Å²) in [5.41, 5.74) is 1.20. The molecular formula is C27H30F3N3O3S. The standard InChI is InChI=1S/C27H30F3N3O3S/c1-3-10-33(11-4-2)26(34)22-17-37-25(31-22)16-32(14-19-6-5-7-21(12-19)27(28,29)30)15-20-8-9-23-24(13-20)36-18-35-23/h5-9,12-13,17H,3-4,10-11,14-16,18H2,1-2H3. The predicted octanol–water partition coefficient (Wildman–Crippen LogP) is 6.36. The zero-order chi connectivity index (χ0) is 26.4. The first-order valence-electron chi connectivity index (χ1n) is 12.3. The number of fused-ring (bicyclic) bond motifs is 1. The highest BCUT2D eigenvalue weighted by atomic mass is 32.1. The van der Waals surface area contributed by atoms with Crippen LogP contribution < -0.4 is 9.47 Å². The Labute approximate surface area is 218 Å². The van der Waals surface area contributed by atoms with Gasteiger partial charge in [-0.25, -0.2) is 4.98 Å². The number of nitrogens with zero attached hydrogens (tertiary/aromatic N) is 3. The van der Waals surface area contributed by atoms with Gasteiger partial charge in [-0.05, 0) is 42.2 Å². The highest BCUT2D eigenvalue weighted by molar-refractivity contribution is 7.09. The number of alkyl halides is 3. The Balaban J connectivity index is 1.55. The van der Waals surface area contributed by atoms with Gasteiger partial charge in [-0.3, -0.25) is 9.69 Å². The van der Waals surface area contributed by atoms with Crippen LogP contribution in [-0.4, -0.2) is 40.6 Å². The molecule has 0 saturated carbocycles. The lowest BCUT2D eigenvalue weighted by atomic mass is 10.1. The molecule has 0 spiro atoms. The molecule has 1 amide bonds. The van der Waals surface area contributed by atoms with Gasteiger partial charge in [0.15, 0.2) is 11.5 Å². The maximum absolute atomic E-state index is 13.3. The monoisotopic (exact) mass is 533 g/mol. The summed E-state index contributed by atoms with van der Waals surface area (Å²) in [6.45, 7) is 6.68. The van der Waals surface area contributed by atoms with Crippen molar-refractivity contribution in [2.45, 2.75) is 52.5 Å². The van der Waals surface area contributed by atoms with E-state index in [9.17, 15) is 18.0 Å². The molecule has 1 aliphatic rings. The zero-order valence-corrected chi connectivity index (χ0v) is 21.7. The van der Waals surface area contributed by atoms with Crippen molar-refractivity contribution >= 4 is 17.2 Å². The third-order valence-corrected chi connectivity index (χ3v) is 6.74. The molecule has 2 aromatic carbocycles. The van der Waals surface area contributed by atoms with E-state index in [-0.39, 0.29) is 19.2 Å². The third-order valence-electron chi connectivity index (χ3n) is 5.91. The van der Waals surface area contributed by atoms with Crippen molar-refractivity contribution in [1.29, 1.82) is 0 Å². The molecule has 6 nitrogen and oxygen atoms in total. The lowest BCUT2D eigenvalue weighted by Crippen LogP contribution is -2.32. The van der Waals surface area contributed by atoms with Crippen LogP contribution in [0.2, 0.25) is 0 Å². The van der Waals surface area contributed by atoms with Crippen LogP contribution in [-0.2, 0) is 25.8 Å². The number of carbonyl (C=O) groups excluding carboxylic acids is 1. The summed E-state index contributed by atoms with van der Waals surface area (Å²) >= 11 is 1.38. The van der Waals surface area contributed by atoms with Crippen LogP contribution in [0.15, 0.2) is 47.8 Å². The van der Waals surface area contributed by atoms with Crippen molar-refractivity contribution < 1.29 is 27.4 Å². The smallest absolute Gasteiger partial charge is 0.416 e. The van der Waals surface area contributed by atoms with Crippen molar-refractivity contribution in [2.24, 2.45) is 0 Å². The first-order valence-corrected chi connectivity index (χ1v) is 13.2. The molecule has 10 heteroatoms. The summed E-state index contributed by atoms with van der Waals surface area (Å²) in [4.78, 5) is 21.4.